The second-order valence-corrected chi connectivity index (χ2v) is 5.28. The standard InChI is InChI=1S/C14H12BrClFN/c1-9-5-6-10(7-12(9)15)18-8-11-13(16)3-2-4-14(11)17/h2-7,18H,8H2,1H3. The summed E-state index contributed by atoms with van der Waals surface area (Å²) in [6.45, 7) is 2.38. The highest BCUT2D eigenvalue weighted by Gasteiger charge is 2.06. The van der Waals surface area contributed by atoms with Crippen LogP contribution >= 0.6 is 27.5 Å². The zero-order valence-corrected chi connectivity index (χ0v) is 12.1. The lowest BCUT2D eigenvalue weighted by atomic mass is 10.2. The van der Waals surface area contributed by atoms with Crippen LogP contribution in [0.1, 0.15) is 11.1 Å². The number of nitrogens with one attached hydrogen (secondary N) is 1. The van der Waals surface area contributed by atoms with Gasteiger partial charge in [-0.1, -0.05) is 39.7 Å². The molecule has 0 fully saturated rings. The third-order valence-corrected chi connectivity index (χ3v) is 3.91. The summed E-state index contributed by atoms with van der Waals surface area (Å²) < 4.78 is 14.6. The van der Waals surface area contributed by atoms with Crippen LogP contribution in [0.15, 0.2) is 40.9 Å². The predicted molar refractivity (Wildman–Crippen MR) is 77.6 cm³/mol. The van der Waals surface area contributed by atoms with Crippen LogP contribution in [0.5, 0.6) is 0 Å². The molecule has 0 amide bonds. The maximum Gasteiger partial charge on any atom is 0.129 e. The number of hydrogen-bond acceptors (Lipinski definition) is 1. The van der Waals surface area contributed by atoms with Crippen molar-refractivity contribution in [2.45, 2.75) is 13.5 Å². The molecule has 0 aliphatic carbocycles. The van der Waals surface area contributed by atoms with E-state index in [1.807, 2.05) is 25.1 Å². The molecule has 0 saturated heterocycles. The van der Waals surface area contributed by atoms with Crippen LogP contribution in [0.4, 0.5) is 10.1 Å². The van der Waals surface area contributed by atoms with Gasteiger partial charge in [0, 0.05) is 27.3 Å². The maximum atomic E-state index is 13.6. The molecule has 2 rings (SSSR count). The van der Waals surface area contributed by atoms with E-state index in [1.165, 1.54) is 6.07 Å². The van der Waals surface area contributed by atoms with Gasteiger partial charge < -0.3 is 5.32 Å². The van der Waals surface area contributed by atoms with E-state index >= 15 is 0 Å². The van der Waals surface area contributed by atoms with Gasteiger partial charge in [-0.3, -0.25) is 0 Å². The van der Waals surface area contributed by atoms with Crippen molar-refractivity contribution in [3.05, 3.63) is 62.8 Å². The molecular weight excluding hydrogens is 317 g/mol. The second kappa shape index (κ2) is 5.72. The fourth-order valence-corrected chi connectivity index (χ4v) is 2.20. The monoisotopic (exact) mass is 327 g/mol. The number of rotatable bonds is 3. The second-order valence-electron chi connectivity index (χ2n) is 4.02. The summed E-state index contributed by atoms with van der Waals surface area (Å²) >= 11 is 9.42. The molecule has 94 valence electrons. The van der Waals surface area contributed by atoms with E-state index < -0.39 is 0 Å². The van der Waals surface area contributed by atoms with E-state index in [9.17, 15) is 4.39 Å². The van der Waals surface area contributed by atoms with E-state index in [4.69, 9.17) is 11.6 Å². The van der Waals surface area contributed by atoms with Gasteiger partial charge >= 0.3 is 0 Å². The molecule has 0 aliphatic rings. The van der Waals surface area contributed by atoms with Crippen molar-refractivity contribution in [3.63, 3.8) is 0 Å². The normalized spacial score (nSPS) is 10.4. The van der Waals surface area contributed by atoms with Gasteiger partial charge in [0.05, 0.1) is 0 Å². The molecule has 0 saturated carbocycles. The maximum absolute atomic E-state index is 13.6. The van der Waals surface area contributed by atoms with E-state index in [2.05, 4.69) is 21.2 Å². The summed E-state index contributed by atoms with van der Waals surface area (Å²) in [5.41, 5.74) is 2.56. The Labute approximate surface area is 119 Å². The zero-order chi connectivity index (χ0) is 13.1. The molecule has 0 radical (unpaired) electrons. The Bertz CT molecular complexity index is 551. The Balaban J connectivity index is 2.14. The lowest BCUT2D eigenvalue weighted by Crippen LogP contribution is -2.02. The Morgan fingerprint density at radius 1 is 1.28 bits per heavy atom. The molecule has 18 heavy (non-hydrogen) atoms. The number of benzene rings is 2. The first-order valence-corrected chi connectivity index (χ1v) is 6.68. The van der Waals surface area contributed by atoms with Crippen LogP contribution in [0.25, 0.3) is 0 Å². The molecule has 0 atom stereocenters. The average molecular weight is 329 g/mol. The Morgan fingerprint density at radius 2 is 2.06 bits per heavy atom. The molecule has 0 heterocycles. The van der Waals surface area contributed by atoms with Crippen LogP contribution < -0.4 is 5.32 Å². The molecule has 1 N–H and O–H groups in total. The lowest BCUT2D eigenvalue weighted by Gasteiger charge is -2.10. The minimum atomic E-state index is -0.291. The van der Waals surface area contributed by atoms with Gasteiger partial charge in [0.25, 0.3) is 0 Å². The van der Waals surface area contributed by atoms with E-state index in [0.29, 0.717) is 17.1 Å². The summed E-state index contributed by atoms with van der Waals surface area (Å²) in [5.74, 6) is -0.291. The summed E-state index contributed by atoms with van der Waals surface area (Å²) in [4.78, 5) is 0. The summed E-state index contributed by atoms with van der Waals surface area (Å²) in [7, 11) is 0. The van der Waals surface area contributed by atoms with Crippen molar-refractivity contribution in [1.29, 1.82) is 0 Å². The van der Waals surface area contributed by atoms with Gasteiger partial charge in [0.2, 0.25) is 0 Å². The van der Waals surface area contributed by atoms with Gasteiger partial charge in [-0.2, -0.15) is 0 Å². The summed E-state index contributed by atoms with van der Waals surface area (Å²) in [6, 6.07) is 10.6. The quantitative estimate of drug-likeness (QED) is 0.820. The van der Waals surface area contributed by atoms with Gasteiger partial charge in [-0.05, 0) is 36.8 Å². The van der Waals surface area contributed by atoms with Crippen molar-refractivity contribution in [1.82, 2.24) is 0 Å². The van der Waals surface area contributed by atoms with Gasteiger partial charge in [0.1, 0.15) is 5.82 Å². The molecule has 0 bridgehead atoms. The van der Waals surface area contributed by atoms with E-state index in [1.54, 1.807) is 12.1 Å². The van der Waals surface area contributed by atoms with Crippen LogP contribution in [0, 0.1) is 12.7 Å². The Hall–Kier alpha value is -1.06. The average Bonchev–Trinajstić information content (AvgIpc) is 2.33. The zero-order valence-electron chi connectivity index (χ0n) is 9.81. The van der Waals surface area contributed by atoms with Crippen LogP contribution in [-0.4, -0.2) is 0 Å². The molecule has 0 spiro atoms. The van der Waals surface area contributed by atoms with Gasteiger partial charge in [0.15, 0.2) is 0 Å². The van der Waals surface area contributed by atoms with Crippen LogP contribution in [-0.2, 0) is 6.54 Å². The SMILES string of the molecule is Cc1ccc(NCc2c(F)cccc2Cl)cc1Br. The predicted octanol–water partition coefficient (Wildman–Crippen LogP) is 5.16. The smallest absolute Gasteiger partial charge is 0.129 e. The highest BCUT2D eigenvalue weighted by atomic mass is 79.9. The molecule has 0 aliphatic heterocycles. The minimum Gasteiger partial charge on any atom is -0.381 e. The first-order chi connectivity index (χ1) is 8.58. The highest BCUT2D eigenvalue weighted by molar-refractivity contribution is 9.10. The third kappa shape index (κ3) is 3.03. The first-order valence-electron chi connectivity index (χ1n) is 5.51. The molecule has 2 aromatic carbocycles. The molecular formula is C14H12BrClFN. The molecule has 0 aromatic heterocycles. The Kier molecular flexibility index (Phi) is 4.25. The first kappa shape index (κ1) is 13.4. The number of anilines is 1. The molecule has 2 aromatic rings. The summed E-state index contributed by atoms with van der Waals surface area (Å²) in [5, 5.41) is 3.59. The van der Waals surface area contributed by atoms with Gasteiger partial charge in [-0.25, -0.2) is 4.39 Å². The number of hydrogen-bond donors (Lipinski definition) is 1. The summed E-state index contributed by atoms with van der Waals surface area (Å²) in [6.07, 6.45) is 0. The third-order valence-electron chi connectivity index (χ3n) is 2.70. The van der Waals surface area contributed by atoms with Gasteiger partial charge in [-0.15, -0.1) is 0 Å². The molecule has 0 unspecified atom stereocenters. The van der Waals surface area contributed by atoms with Crippen LogP contribution in [0.2, 0.25) is 5.02 Å². The number of aryl methyl sites for hydroxylation is 1. The van der Waals surface area contributed by atoms with Crippen molar-refractivity contribution in [2.75, 3.05) is 5.32 Å². The molecule has 4 heteroatoms. The van der Waals surface area contributed by atoms with E-state index in [-0.39, 0.29) is 5.82 Å². The van der Waals surface area contributed by atoms with E-state index in [0.717, 1.165) is 15.7 Å². The fraction of sp³-hybridized carbons (Fsp3) is 0.143. The number of halogens is 3. The lowest BCUT2D eigenvalue weighted by molar-refractivity contribution is 0.613. The van der Waals surface area contributed by atoms with Crippen molar-refractivity contribution < 1.29 is 4.39 Å². The molecule has 1 nitrogen and oxygen atoms in total. The van der Waals surface area contributed by atoms with Crippen molar-refractivity contribution >= 4 is 33.2 Å². The minimum absolute atomic E-state index is 0.291. The Morgan fingerprint density at radius 3 is 2.72 bits per heavy atom. The highest BCUT2D eigenvalue weighted by Crippen LogP contribution is 2.23. The topological polar surface area (TPSA) is 12.0 Å². The fourth-order valence-electron chi connectivity index (χ4n) is 1.59. The van der Waals surface area contributed by atoms with Crippen molar-refractivity contribution in [2.24, 2.45) is 0 Å². The largest absolute Gasteiger partial charge is 0.381 e. The van der Waals surface area contributed by atoms with Crippen molar-refractivity contribution in [3.8, 4) is 0 Å². The van der Waals surface area contributed by atoms with Crippen LogP contribution in [0.3, 0.4) is 0 Å².